The van der Waals surface area contributed by atoms with Crippen LogP contribution in [0.4, 0.5) is 0 Å². The van der Waals surface area contributed by atoms with E-state index in [1.807, 2.05) is 4.90 Å². The molecule has 25 heavy (non-hydrogen) atoms. The van der Waals surface area contributed by atoms with E-state index in [1.165, 1.54) is 12.8 Å². The number of hydrogen-bond donors (Lipinski definition) is 1. The molecule has 1 aliphatic heterocycles. The molecule has 1 unspecified atom stereocenters. The van der Waals surface area contributed by atoms with Gasteiger partial charge in [0, 0.05) is 18.7 Å². The van der Waals surface area contributed by atoms with Crippen LogP contribution in [0.15, 0.2) is 30.4 Å². The molecule has 1 aromatic rings. The molecule has 5 heteroatoms. The monoisotopic (exact) mass is 345 g/mol. The number of aliphatic hydroxyl groups is 1. The minimum atomic E-state index is -0.0799. The van der Waals surface area contributed by atoms with Gasteiger partial charge in [-0.25, -0.2) is 0 Å². The highest BCUT2D eigenvalue weighted by molar-refractivity contribution is 5.95. The Bertz CT molecular complexity index is 643. The van der Waals surface area contributed by atoms with Gasteiger partial charge in [0.1, 0.15) is 6.61 Å². The van der Waals surface area contributed by atoms with Gasteiger partial charge in [-0.15, -0.1) is 0 Å². The number of carbonyl (C=O) groups is 1. The first kappa shape index (κ1) is 17.8. The Hall–Kier alpha value is -2.01. The standard InChI is InChI=1S/C20H27NO4/c1-24-17-7-6-16(14-18(17)25-13-12-22)19(23)21-11-5-10-20(15-21)8-3-2-4-9-20/h2-3,6-7,14,22H,4-5,8-13,15H2,1H3. The lowest BCUT2D eigenvalue weighted by Crippen LogP contribution is -2.46. The number of piperidine rings is 1. The van der Waals surface area contributed by atoms with E-state index in [2.05, 4.69) is 12.2 Å². The Morgan fingerprint density at radius 1 is 1.28 bits per heavy atom. The third kappa shape index (κ3) is 3.98. The zero-order valence-corrected chi connectivity index (χ0v) is 14.9. The van der Waals surface area contributed by atoms with Gasteiger partial charge in [-0.05, 0) is 55.7 Å². The SMILES string of the molecule is COc1ccc(C(=O)N2CCCC3(CC=CCC3)C2)cc1OCCO. The second-order valence-electron chi connectivity index (χ2n) is 6.98. The van der Waals surface area contributed by atoms with E-state index in [4.69, 9.17) is 14.6 Å². The summed E-state index contributed by atoms with van der Waals surface area (Å²) in [7, 11) is 1.56. The normalized spacial score (nSPS) is 22.9. The van der Waals surface area contributed by atoms with E-state index in [0.717, 1.165) is 32.4 Å². The molecule has 5 nitrogen and oxygen atoms in total. The van der Waals surface area contributed by atoms with Gasteiger partial charge in [0.05, 0.1) is 13.7 Å². The van der Waals surface area contributed by atoms with Crippen molar-refractivity contribution in [3.8, 4) is 11.5 Å². The highest BCUT2D eigenvalue weighted by atomic mass is 16.5. The third-order valence-corrected chi connectivity index (χ3v) is 5.27. The molecule has 0 saturated carbocycles. The van der Waals surface area contributed by atoms with Crippen LogP contribution in [0.2, 0.25) is 0 Å². The Morgan fingerprint density at radius 3 is 2.88 bits per heavy atom. The molecule has 1 saturated heterocycles. The van der Waals surface area contributed by atoms with Gasteiger partial charge in [0.15, 0.2) is 11.5 Å². The van der Waals surface area contributed by atoms with Crippen LogP contribution in [-0.2, 0) is 0 Å². The predicted molar refractivity (Wildman–Crippen MR) is 96.1 cm³/mol. The van der Waals surface area contributed by atoms with Crippen LogP contribution in [0.5, 0.6) is 11.5 Å². The number of nitrogens with zero attached hydrogens (tertiary/aromatic N) is 1. The van der Waals surface area contributed by atoms with E-state index in [-0.39, 0.29) is 24.5 Å². The molecule has 0 aromatic heterocycles. The zero-order valence-electron chi connectivity index (χ0n) is 14.9. The van der Waals surface area contributed by atoms with Crippen molar-refractivity contribution in [3.05, 3.63) is 35.9 Å². The van der Waals surface area contributed by atoms with Crippen molar-refractivity contribution in [1.82, 2.24) is 4.90 Å². The van der Waals surface area contributed by atoms with Crippen LogP contribution in [0.25, 0.3) is 0 Å². The number of ether oxygens (including phenoxy) is 2. The molecular weight excluding hydrogens is 318 g/mol. The van der Waals surface area contributed by atoms with Gasteiger partial charge in [-0.2, -0.15) is 0 Å². The van der Waals surface area contributed by atoms with Gasteiger partial charge in [0.2, 0.25) is 0 Å². The summed E-state index contributed by atoms with van der Waals surface area (Å²) < 4.78 is 10.8. The molecule has 1 heterocycles. The molecule has 1 atom stereocenters. The van der Waals surface area contributed by atoms with Gasteiger partial charge in [-0.3, -0.25) is 4.79 Å². The second-order valence-corrected chi connectivity index (χ2v) is 6.98. The quantitative estimate of drug-likeness (QED) is 0.834. The second kappa shape index (κ2) is 7.91. The summed E-state index contributed by atoms with van der Waals surface area (Å²) in [6, 6.07) is 5.26. The predicted octanol–water partition coefficient (Wildman–Crippen LogP) is 3.03. The fourth-order valence-corrected chi connectivity index (χ4v) is 3.96. The summed E-state index contributed by atoms with van der Waals surface area (Å²) in [4.78, 5) is 15.0. The van der Waals surface area contributed by atoms with Gasteiger partial charge in [0.25, 0.3) is 5.91 Å². The number of likely N-dealkylation sites (tertiary alicyclic amines) is 1. The highest BCUT2D eigenvalue weighted by Gasteiger charge is 2.37. The van der Waals surface area contributed by atoms with Crippen LogP contribution in [0, 0.1) is 5.41 Å². The van der Waals surface area contributed by atoms with Crippen molar-refractivity contribution in [1.29, 1.82) is 0 Å². The highest BCUT2D eigenvalue weighted by Crippen LogP contribution is 2.41. The molecule has 1 spiro atoms. The Morgan fingerprint density at radius 2 is 2.16 bits per heavy atom. The number of methoxy groups -OCH3 is 1. The number of amides is 1. The van der Waals surface area contributed by atoms with Crippen molar-refractivity contribution < 1.29 is 19.4 Å². The minimum absolute atomic E-state index is 0.0464. The number of rotatable bonds is 5. The third-order valence-electron chi connectivity index (χ3n) is 5.27. The zero-order chi connectivity index (χ0) is 17.7. The summed E-state index contributed by atoms with van der Waals surface area (Å²) in [6.07, 6.45) is 10.1. The molecule has 1 aliphatic carbocycles. The van der Waals surface area contributed by atoms with Crippen molar-refractivity contribution >= 4 is 5.91 Å². The van der Waals surface area contributed by atoms with Crippen LogP contribution in [0.3, 0.4) is 0 Å². The van der Waals surface area contributed by atoms with Crippen LogP contribution < -0.4 is 9.47 Å². The number of aliphatic hydroxyl groups excluding tert-OH is 1. The van der Waals surface area contributed by atoms with E-state index < -0.39 is 0 Å². The molecule has 0 bridgehead atoms. The number of carbonyl (C=O) groups excluding carboxylic acids is 1. The largest absolute Gasteiger partial charge is 0.493 e. The summed E-state index contributed by atoms with van der Waals surface area (Å²) >= 11 is 0. The lowest BCUT2D eigenvalue weighted by Gasteiger charge is -2.44. The molecule has 1 aromatic carbocycles. The first-order valence-corrected chi connectivity index (χ1v) is 9.03. The Kier molecular flexibility index (Phi) is 5.63. The van der Waals surface area contributed by atoms with Crippen LogP contribution in [-0.4, -0.2) is 49.3 Å². The Labute approximate surface area is 149 Å². The van der Waals surface area contributed by atoms with Gasteiger partial charge < -0.3 is 19.5 Å². The van der Waals surface area contributed by atoms with E-state index in [0.29, 0.717) is 17.1 Å². The van der Waals surface area contributed by atoms with Crippen molar-refractivity contribution in [2.45, 2.75) is 32.1 Å². The maximum absolute atomic E-state index is 13.0. The summed E-state index contributed by atoms with van der Waals surface area (Å²) in [5.41, 5.74) is 0.864. The van der Waals surface area contributed by atoms with Crippen LogP contribution >= 0.6 is 0 Å². The lowest BCUT2D eigenvalue weighted by molar-refractivity contribution is 0.0484. The van der Waals surface area contributed by atoms with Crippen molar-refractivity contribution in [2.75, 3.05) is 33.4 Å². The molecule has 1 fully saturated rings. The first-order chi connectivity index (χ1) is 12.2. The van der Waals surface area contributed by atoms with Gasteiger partial charge in [-0.1, -0.05) is 12.2 Å². The summed E-state index contributed by atoms with van der Waals surface area (Å²) in [6.45, 7) is 1.73. The maximum atomic E-state index is 13.0. The molecular formula is C20H27NO4. The van der Waals surface area contributed by atoms with E-state index in [1.54, 1.807) is 25.3 Å². The molecule has 0 radical (unpaired) electrons. The maximum Gasteiger partial charge on any atom is 0.254 e. The van der Waals surface area contributed by atoms with Crippen molar-refractivity contribution in [2.24, 2.45) is 5.41 Å². The molecule has 2 aliphatic rings. The van der Waals surface area contributed by atoms with E-state index in [9.17, 15) is 4.79 Å². The Balaban J connectivity index is 1.76. The summed E-state index contributed by atoms with van der Waals surface area (Å²) in [5, 5.41) is 8.97. The average molecular weight is 345 g/mol. The topological polar surface area (TPSA) is 59.0 Å². The number of hydrogen-bond acceptors (Lipinski definition) is 4. The molecule has 1 amide bonds. The molecule has 3 rings (SSSR count). The number of benzene rings is 1. The fraction of sp³-hybridized carbons (Fsp3) is 0.550. The fourth-order valence-electron chi connectivity index (χ4n) is 3.96. The number of allylic oxidation sites excluding steroid dienone is 2. The summed E-state index contributed by atoms with van der Waals surface area (Å²) in [5.74, 6) is 1.11. The molecule has 1 N–H and O–H groups in total. The smallest absolute Gasteiger partial charge is 0.254 e. The molecule has 136 valence electrons. The first-order valence-electron chi connectivity index (χ1n) is 9.03. The van der Waals surface area contributed by atoms with Crippen LogP contribution in [0.1, 0.15) is 42.5 Å². The van der Waals surface area contributed by atoms with E-state index >= 15 is 0 Å². The lowest BCUT2D eigenvalue weighted by atomic mass is 9.71. The van der Waals surface area contributed by atoms with Crippen molar-refractivity contribution in [3.63, 3.8) is 0 Å². The average Bonchev–Trinajstić information content (AvgIpc) is 2.66. The van der Waals surface area contributed by atoms with Gasteiger partial charge >= 0.3 is 0 Å². The minimum Gasteiger partial charge on any atom is -0.493 e.